The highest BCUT2D eigenvalue weighted by molar-refractivity contribution is 5.76. The second kappa shape index (κ2) is 6.57. The van der Waals surface area contributed by atoms with Crippen molar-refractivity contribution in [3.63, 3.8) is 0 Å². The van der Waals surface area contributed by atoms with Crippen LogP contribution in [0.3, 0.4) is 0 Å². The lowest BCUT2D eigenvalue weighted by Crippen LogP contribution is -2.26. The van der Waals surface area contributed by atoms with Crippen molar-refractivity contribution >= 4 is 5.91 Å². The maximum atomic E-state index is 11.7. The Morgan fingerprint density at radius 3 is 3.05 bits per heavy atom. The lowest BCUT2D eigenvalue weighted by atomic mass is 9.81. The highest BCUT2D eigenvalue weighted by atomic mass is 16.6. The van der Waals surface area contributed by atoms with E-state index in [1.54, 1.807) is 7.11 Å². The number of nitrogens with one attached hydrogen (secondary N) is 1. The van der Waals surface area contributed by atoms with Gasteiger partial charge in [0.15, 0.2) is 0 Å². The van der Waals surface area contributed by atoms with E-state index < -0.39 is 0 Å². The quantitative estimate of drug-likeness (QED) is 0.831. The summed E-state index contributed by atoms with van der Waals surface area (Å²) in [7, 11) is 1.68. The highest BCUT2D eigenvalue weighted by Gasteiger charge is 2.23. The van der Waals surface area contributed by atoms with E-state index in [0.29, 0.717) is 13.0 Å². The van der Waals surface area contributed by atoms with E-state index in [2.05, 4.69) is 17.6 Å². The Labute approximate surface area is 114 Å². The Kier molecular flexibility index (Phi) is 4.80. The lowest BCUT2D eigenvalue weighted by molar-refractivity contribution is -0.133. The maximum absolute atomic E-state index is 11.7. The summed E-state index contributed by atoms with van der Waals surface area (Å²) in [5.41, 5.74) is 5.05. The molecule has 1 amide bonds. The Balaban J connectivity index is 2.07. The zero-order valence-corrected chi connectivity index (χ0v) is 11.6. The molecule has 0 aromatic heterocycles. The molecule has 1 aromatic rings. The number of aryl methyl sites for hydroxylation is 1. The number of ether oxygens (including phenoxy) is 1. The number of carbonyl (C=O) groups excluding carboxylic acids is 1. The van der Waals surface area contributed by atoms with Crippen LogP contribution in [0.1, 0.15) is 43.2 Å². The third-order valence-corrected chi connectivity index (χ3v) is 3.55. The summed E-state index contributed by atoms with van der Waals surface area (Å²) in [6.07, 6.45) is 3.72. The first-order valence-electron chi connectivity index (χ1n) is 6.82. The molecule has 1 N–H and O–H groups in total. The van der Waals surface area contributed by atoms with Gasteiger partial charge in [0, 0.05) is 6.42 Å². The molecular weight excluding hydrogens is 242 g/mol. The number of amides is 1. The van der Waals surface area contributed by atoms with Crippen LogP contribution in [-0.4, -0.2) is 19.6 Å². The van der Waals surface area contributed by atoms with Gasteiger partial charge in [-0.1, -0.05) is 6.07 Å². The molecule has 0 aliphatic heterocycles. The largest absolute Gasteiger partial charge is 0.497 e. The summed E-state index contributed by atoms with van der Waals surface area (Å²) >= 11 is 0. The van der Waals surface area contributed by atoms with Crippen LogP contribution in [0.5, 0.6) is 5.75 Å². The molecule has 0 spiro atoms. The fourth-order valence-electron chi connectivity index (χ4n) is 2.65. The molecule has 1 aromatic carbocycles. The van der Waals surface area contributed by atoms with Crippen molar-refractivity contribution in [1.29, 1.82) is 0 Å². The minimum Gasteiger partial charge on any atom is -0.497 e. The maximum Gasteiger partial charge on any atom is 0.244 e. The smallest absolute Gasteiger partial charge is 0.244 e. The van der Waals surface area contributed by atoms with Crippen molar-refractivity contribution < 1.29 is 14.4 Å². The first kappa shape index (κ1) is 13.9. The zero-order valence-electron chi connectivity index (χ0n) is 11.6. The van der Waals surface area contributed by atoms with Crippen molar-refractivity contribution in [2.75, 3.05) is 13.7 Å². The average Bonchev–Trinajstić information content (AvgIpc) is 2.44. The second-order valence-electron chi connectivity index (χ2n) is 4.82. The number of fused-ring (bicyclic) bond motifs is 1. The Hall–Kier alpha value is -1.55. The average molecular weight is 263 g/mol. The number of benzene rings is 1. The molecule has 4 nitrogen and oxygen atoms in total. The van der Waals surface area contributed by atoms with E-state index in [1.165, 1.54) is 11.1 Å². The van der Waals surface area contributed by atoms with Crippen LogP contribution in [0.15, 0.2) is 18.2 Å². The molecular formula is C15H21NO3. The first-order valence-corrected chi connectivity index (χ1v) is 6.82. The van der Waals surface area contributed by atoms with Gasteiger partial charge in [-0.3, -0.25) is 9.63 Å². The SMILES string of the molecule is CCONC(=O)C[C@@H]1CCCc2cc(OC)ccc21. The third kappa shape index (κ3) is 3.47. The molecule has 0 heterocycles. The van der Waals surface area contributed by atoms with E-state index in [4.69, 9.17) is 9.57 Å². The minimum atomic E-state index is -0.0458. The summed E-state index contributed by atoms with van der Waals surface area (Å²) in [5.74, 6) is 1.13. The molecule has 0 saturated carbocycles. The summed E-state index contributed by atoms with van der Waals surface area (Å²) in [6.45, 7) is 2.34. The standard InChI is InChI=1S/C15H21NO3/c1-3-19-16-15(17)10-12-6-4-5-11-9-13(18-2)7-8-14(11)12/h7-9,12H,3-6,10H2,1-2H3,(H,16,17)/t12-/m0/s1. The molecule has 0 fully saturated rings. The second-order valence-corrected chi connectivity index (χ2v) is 4.82. The Morgan fingerprint density at radius 2 is 2.32 bits per heavy atom. The topological polar surface area (TPSA) is 47.6 Å². The number of hydrogen-bond acceptors (Lipinski definition) is 3. The predicted molar refractivity (Wildman–Crippen MR) is 73.1 cm³/mol. The molecule has 0 saturated heterocycles. The van der Waals surface area contributed by atoms with Crippen molar-refractivity contribution in [3.8, 4) is 5.75 Å². The Morgan fingerprint density at radius 1 is 1.47 bits per heavy atom. The zero-order chi connectivity index (χ0) is 13.7. The van der Waals surface area contributed by atoms with Gasteiger partial charge in [-0.2, -0.15) is 0 Å². The van der Waals surface area contributed by atoms with Crippen molar-refractivity contribution in [3.05, 3.63) is 29.3 Å². The molecule has 104 valence electrons. The number of hydroxylamine groups is 1. The van der Waals surface area contributed by atoms with E-state index in [1.807, 2.05) is 13.0 Å². The van der Waals surface area contributed by atoms with E-state index in [0.717, 1.165) is 25.0 Å². The van der Waals surface area contributed by atoms with Gasteiger partial charge in [-0.15, -0.1) is 0 Å². The van der Waals surface area contributed by atoms with Gasteiger partial charge in [-0.05, 0) is 55.4 Å². The van der Waals surface area contributed by atoms with Crippen molar-refractivity contribution in [1.82, 2.24) is 5.48 Å². The number of hydrogen-bond donors (Lipinski definition) is 1. The molecule has 19 heavy (non-hydrogen) atoms. The fourth-order valence-corrected chi connectivity index (χ4v) is 2.65. The normalized spacial score (nSPS) is 17.7. The molecule has 1 atom stereocenters. The van der Waals surface area contributed by atoms with Crippen LogP contribution >= 0.6 is 0 Å². The van der Waals surface area contributed by atoms with Crippen molar-refractivity contribution in [2.24, 2.45) is 0 Å². The van der Waals surface area contributed by atoms with Crippen LogP contribution in [0.2, 0.25) is 0 Å². The number of methoxy groups -OCH3 is 1. The van der Waals surface area contributed by atoms with Gasteiger partial charge in [-0.25, -0.2) is 5.48 Å². The predicted octanol–water partition coefficient (Wildman–Crippen LogP) is 2.57. The van der Waals surface area contributed by atoms with E-state index >= 15 is 0 Å². The molecule has 2 rings (SSSR count). The van der Waals surface area contributed by atoms with E-state index in [9.17, 15) is 4.79 Å². The first-order chi connectivity index (χ1) is 9.24. The monoisotopic (exact) mass is 263 g/mol. The third-order valence-electron chi connectivity index (χ3n) is 3.55. The molecule has 0 bridgehead atoms. The number of rotatable bonds is 5. The van der Waals surface area contributed by atoms with Gasteiger partial charge in [0.25, 0.3) is 0 Å². The molecule has 0 radical (unpaired) electrons. The molecule has 4 heteroatoms. The van der Waals surface area contributed by atoms with Crippen LogP contribution < -0.4 is 10.2 Å². The van der Waals surface area contributed by atoms with Crippen LogP contribution in [0.4, 0.5) is 0 Å². The molecule has 1 aliphatic rings. The molecule has 1 aliphatic carbocycles. The lowest BCUT2D eigenvalue weighted by Gasteiger charge is -2.25. The van der Waals surface area contributed by atoms with Crippen LogP contribution in [0.25, 0.3) is 0 Å². The van der Waals surface area contributed by atoms with Gasteiger partial charge < -0.3 is 4.74 Å². The van der Waals surface area contributed by atoms with Gasteiger partial charge in [0.1, 0.15) is 5.75 Å². The summed E-state index contributed by atoms with van der Waals surface area (Å²) in [4.78, 5) is 16.7. The van der Waals surface area contributed by atoms with Crippen molar-refractivity contribution in [2.45, 2.75) is 38.5 Å². The fraction of sp³-hybridized carbons (Fsp3) is 0.533. The molecule has 0 unspecified atom stereocenters. The van der Waals surface area contributed by atoms with Gasteiger partial charge in [0.2, 0.25) is 5.91 Å². The van der Waals surface area contributed by atoms with E-state index in [-0.39, 0.29) is 11.8 Å². The van der Waals surface area contributed by atoms with Gasteiger partial charge >= 0.3 is 0 Å². The number of carbonyl (C=O) groups is 1. The minimum absolute atomic E-state index is 0.0458. The Bertz CT molecular complexity index is 445. The van der Waals surface area contributed by atoms with Crippen LogP contribution in [0, 0.1) is 0 Å². The van der Waals surface area contributed by atoms with Crippen LogP contribution in [-0.2, 0) is 16.1 Å². The van der Waals surface area contributed by atoms with Gasteiger partial charge in [0.05, 0.1) is 13.7 Å². The summed E-state index contributed by atoms with van der Waals surface area (Å²) in [6, 6.07) is 6.14. The summed E-state index contributed by atoms with van der Waals surface area (Å²) in [5, 5.41) is 0. The summed E-state index contributed by atoms with van der Waals surface area (Å²) < 4.78 is 5.25. The highest BCUT2D eigenvalue weighted by Crippen LogP contribution is 2.35.